The summed E-state index contributed by atoms with van der Waals surface area (Å²) < 4.78 is 19.1. The zero-order chi connectivity index (χ0) is 15.2. The van der Waals surface area contributed by atoms with Crippen LogP contribution in [0.2, 0.25) is 0 Å². The molecule has 0 saturated carbocycles. The molecule has 1 aromatic rings. The molecular weight excluding hydrogens is 253 g/mol. The van der Waals surface area contributed by atoms with Crippen LogP contribution in [-0.2, 0) is 11.2 Å². The summed E-state index contributed by atoms with van der Waals surface area (Å²) in [5.74, 6) is 0.624. The van der Waals surface area contributed by atoms with Crippen molar-refractivity contribution >= 4 is 0 Å². The van der Waals surface area contributed by atoms with E-state index in [-0.39, 0.29) is 11.4 Å². The van der Waals surface area contributed by atoms with Gasteiger partial charge in [-0.05, 0) is 57.2 Å². The number of benzene rings is 1. The smallest absolute Gasteiger partial charge is 0.126 e. The van der Waals surface area contributed by atoms with E-state index in [9.17, 15) is 4.39 Å². The van der Waals surface area contributed by atoms with E-state index in [0.717, 1.165) is 18.5 Å². The van der Waals surface area contributed by atoms with Gasteiger partial charge in [-0.1, -0.05) is 25.1 Å². The van der Waals surface area contributed by atoms with Crippen molar-refractivity contribution in [3.8, 4) is 0 Å². The Bertz CT molecular complexity index is 400. The molecule has 0 saturated heterocycles. The van der Waals surface area contributed by atoms with Gasteiger partial charge in [0.2, 0.25) is 0 Å². The Kier molecular flexibility index (Phi) is 6.63. The lowest BCUT2D eigenvalue weighted by molar-refractivity contribution is 0.125. The van der Waals surface area contributed by atoms with Crippen LogP contribution in [-0.4, -0.2) is 25.8 Å². The van der Waals surface area contributed by atoms with Gasteiger partial charge < -0.3 is 10.1 Å². The molecule has 0 heterocycles. The molecule has 0 aliphatic carbocycles. The fourth-order valence-electron chi connectivity index (χ4n) is 2.26. The van der Waals surface area contributed by atoms with Gasteiger partial charge in [0.25, 0.3) is 0 Å². The molecule has 2 atom stereocenters. The molecule has 114 valence electrons. The van der Waals surface area contributed by atoms with E-state index in [1.54, 1.807) is 13.2 Å². The minimum atomic E-state index is -0.113. The Morgan fingerprint density at radius 1 is 1.25 bits per heavy atom. The van der Waals surface area contributed by atoms with Crippen LogP contribution in [0.1, 0.15) is 33.3 Å². The quantitative estimate of drug-likeness (QED) is 0.823. The largest absolute Gasteiger partial charge is 0.384 e. The van der Waals surface area contributed by atoms with E-state index in [1.165, 1.54) is 6.07 Å². The van der Waals surface area contributed by atoms with Crippen molar-refractivity contribution < 1.29 is 9.13 Å². The standard InChI is InChI=1S/C17H28FNO/c1-13(12-20-5)15(11-19-17(2,3)4)10-14-8-6-7-9-16(14)18/h6-9,13,15,19H,10-12H2,1-5H3. The molecule has 0 aliphatic rings. The van der Waals surface area contributed by atoms with Crippen LogP contribution < -0.4 is 5.32 Å². The second kappa shape index (κ2) is 7.75. The summed E-state index contributed by atoms with van der Waals surface area (Å²) in [6, 6.07) is 7.04. The van der Waals surface area contributed by atoms with E-state index in [1.807, 2.05) is 12.1 Å². The van der Waals surface area contributed by atoms with Gasteiger partial charge in [-0.15, -0.1) is 0 Å². The number of methoxy groups -OCH3 is 1. The maximum atomic E-state index is 13.8. The number of ether oxygens (including phenoxy) is 1. The van der Waals surface area contributed by atoms with Crippen LogP contribution in [0.15, 0.2) is 24.3 Å². The molecule has 0 aromatic heterocycles. The van der Waals surface area contributed by atoms with Gasteiger partial charge in [-0.2, -0.15) is 0 Å². The van der Waals surface area contributed by atoms with Gasteiger partial charge in [-0.25, -0.2) is 4.39 Å². The maximum absolute atomic E-state index is 13.8. The molecule has 0 spiro atoms. The Morgan fingerprint density at radius 3 is 2.45 bits per heavy atom. The fraction of sp³-hybridized carbons (Fsp3) is 0.647. The zero-order valence-electron chi connectivity index (χ0n) is 13.4. The summed E-state index contributed by atoms with van der Waals surface area (Å²) in [6.45, 7) is 10.2. The van der Waals surface area contributed by atoms with Crippen molar-refractivity contribution in [2.75, 3.05) is 20.3 Å². The first-order chi connectivity index (χ1) is 9.33. The first-order valence-corrected chi connectivity index (χ1v) is 7.31. The molecule has 1 N–H and O–H groups in total. The molecule has 1 rings (SSSR count). The van der Waals surface area contributed by atoms with E-state index >= 15 is 0 Å². The third-order valence-electron chi connectivity index (χ3n) is 3.57. The Hall–Kier alpha value is -0.930. The number of rotatable bonds is 7. The van der Waals surface area contributed by atoms with Crippen molar-refractivity contribution in [3.05, 3.63) is 35.6 Å². The van der Waals surface area contributed by atoms with Crippen molar-refractivity contribution in [2.24, 2.45) is 11.8 Å². The zero-order valence-corrected chi connectivity index (χ0v) is 13.4. The summed E-state index contributed by atoms with van der Waals surface area (Å²) in [6.07, 6.45) is 0.736. The highest BCUT2D eigenvalue weighted by Crippen LogP contribution is 2.20. The predicted octanol–water partition coefficient (Wildman–Crippen LogP) is 3.66. The summed E-state index contributed by atoms with van der Waals surface area (Å²) in [5, 5.41) is 3.52. The first-order valence-electron chi connectivity index (χ1n) is 7.31. The van der Waals surface area contributed by atoms with Crippen molar-refractivity contribution in [3.63, 3.8) is 0 Å². The third-order valence-corrected chi connectivity index (χ3v) is 3.57. The van der Waals surface area contributed by atoms with Crippen LogP contribution >= 0.6 is 0 Å². The number of nitrogens with one attached hydrogen (secondary N) is 1. The minimum Gasteiger partial charge on any atom is -0.384 e. The van der Waals surface area contributed by atoms with Crippen LogP contribution in [0.25, 0.3) is 0 Å². The average Bonchev–Trinajstić information content (AvgIpc) is 2.35. The summed E-state index contributed by atoms with van der Waals surface area (Å²) in [7, 11) is 1.72. The SMILES string of the molecule is COCC(C)C(CNC(C)(C)C)Cc1ccccc1F. The summed E-state index contributed by atoms with van der Waals surface area (Å²) >= 11 is 0. The second-order valence-corrected chi connectivity index (χ2v) is 6.62. The van der Waals surface area contributed by atoms with E-state index in [2.05, 4.69) is 33.0 Å². The van der Waals surface area contributed by atoms with Crippen molar-refractivity contribution in [2.45, 2.75) is 39.7 Å². The Morgan fingerprint density at radius 2 is 1.90 bits per heavy atom. The summed E-state index contributed by atoms with van der Waals surface area (Å²) in [4.78, 5) is 0. The predicted molar refractivity (Wildman–Crippen MR) is 82.4 cm³/mol. The number of hydrogen-bond donors (Lipinski definition) is 1. The molecular formula is C17H28FNO. The van der Waals surface area contributed by atoms with Crippen LogP contribution in [0, 0.1) is 17.7 Å². The molecule has 20 heavy (non-hydrogen) atoms. The Balaban J connectivity index is 2.74. The van der Waals surface area contributed by atoms with Gasteiger partial charge in [0.15, 0.2) is 0 Å². The summed E-state index contributed by atoms with van der Waals surface area (Å²) in [5.41, 5.74) is 0.858. The van der Waals surface area contributed by atoms with Crippen LogP contribution in [0.4, 0.5) is 4.39 Å². The monoisotopic (exact) mass is 281 g/mol. The second-order valence-electron chi connectivity index (χ2n) is 6.62. The molecule has 3 heteroatoms. The third kappa shape index (κ3) is 6.02. The first kappa shape index (κ1) is 17.1. The highest BCUT2D eigenvalue weighted by Gasteiger charge is 2.21. The van der Waals surface area contributed by atoms with E-state index in [4.69, 9.17) is 4.74 Å². The average molecular weight is 281 g/mol. The van der Waals surface area contributed by atoms with Gasteiger partial charge in [0.05, 0.1) is 0 Å². The maximum Gasteiger partial charge on any atom is 0.126 e. The van der Waals surface area contributed by atoms with Crippen LogP contribution in [0.3, 0.4) is 0 Å². The van der Waals surface area contributed by atoms with Gasteiger partial charge in [0.1, 0.15) is 5.82 Å². The topological polar surface area (TPSA) is 21.3 Å². The molecule has 0 fully saturated rings. The molecule has 0 radical (unpaired) electrons. The van der Waals surface area contributed by atoms with Gasteiger partial charge >= 0.3 is 0 Å². The molecule has 0 amide bonds. The van der Waals surface area contributed by atoms with Gasteiger partial charge in [-0.3, -0.25) is 0 Å². The van der Waals surface area contributed by atoms with E-state index < -0.39 is 0 Å². The fourth-order valence-corrected chi connectivity index (χ4v) is 2.26. The lowest BCUT2D eigenvalue weighted by Crippen LogP contribution is -2.41. The minimum absolute atomic E-state index is 0.0697. The molecule has 0 aliphatic heterocycles. The molecule has 1 aromatic carbocycles. The normalized spacial score (nSPS) is 15.1. The lowest BCUT2D eigenvalue weighted by atomic mass is 9.87. The number of hydrogen-bond acceptors (Lipinski definition) is 2. The van der Waals surface area contributed by atoms with Crippen molar-refractivity contribution in [1.29, 1.82) is 0 Å². The van der Waals surface area contributed by atoms with Crippen LogP contribution in [0.5, 0.6) is 0 Å². The Labute approximate surface area is 122 Å². The van der Waals surface area contributed by atoms with E-state index in [0.29, 0.717) is 18.4 Å². The molecule has 0 bridgehead atoms. The highest BCUT2D eigenvalue weighted by atomic mass is 19.1. The van der Waals surface area contributed by atoms with Crippen molar-refractivity contribution in [1.82, 2.24) is 5.32 Å². The highest BCUT2D eigenvalue weighted by molar-refractivity contribution is 5.18. The lowest BCUT2D eigenvalue weighted by Gasteiger charge is -2.29. The molecule has 2 unspecified atom stereocenters. The number of halogens is 1. The van der Waals surface area contributed by atoms with Gasteiger partial charge in [0, 0.05) is 19.3 Å². The molecule has 2 nitrogen and oxygen atoms in total.